The van der Waals surface area contributed by atoms with Crippen LogP contribution in [-0.4, -0.2) is 16.3 Å². The van der Waals surface area contributed by atoms with E-state index < -0.39 is 6.30 Å². The molecule has 0 aliphatic carbocycles. The van der Waals surface area contributed by atoms with Crippen LogP contribution < -0.4 is 5.73 Å². The van der Waals surface area contributed by atoms with E-state index in [9.17, 15) is 13.2 Å². The van der Waals surface area contributed by atoms with Crippen LogP contribution in [-0.2, 0) is 12.7 Å². The Hall–Kier alpha value is -1.04. The lowest BCUT2D eigenvalue weighted by Gasteiger charge is -2.10. The van der Waals surface area contributed by atoms with E-state index in [2.05, 4.69) is 5.10 Å². The number of alkyl halides is 3. The van der Waals surface area contributed by atoms with Crippen molar-refractivity contribution in [1.29, 1.82) is 0 Å². The third-order valence-electron chi connectivity index (χ3n) is 3.35. The predicted octanol–water partition coefficient (Wildman–Crippen LogP) is 3.98. The Morgan fingerprint density at radius 3 is 2.05 bits per heavy atom. The van der Waals surface area contributed by atoms with Gasteiger partial charge in [0.25, 0.3) is 0 Å². The van der Waals surface area contributed by atoms with Gasteiger partial charge in [0.05, 0.1) is 0 Å². The molecule has 0 saturated heterocycles. The van der Waals surface area contributed by atoms with Gasteiger partial charge in [0, 0.05) is 11.9 Å². The Bertz CT molecular complexity index is 361. The first kappa shape index (κ1) is 17.0. The molecule has 0 unspecified atom stereocenters. The number of aromatic nitrogens is 2. The fourth-order valence-electron chi connectivity index (χ4n) is 2.26. The molecule has 0 aliphatic rings. The third kappa shape index (κ3) is 6.41. The first-order valence-electron chi connectivity index (χ1n) is 7.36. The minimum absolute atomic E-state index is 0.166. The van der Waals surface area contributed by atoms with Gasteiger partial charge in [-0.1, -0.05) is 38.5 Å². The number of aryl methyl sites for hydroxylation is 1. The number of nitrogens with two attached hydrogens (primary N) is 1. The normalized spacial score (nSPS) is 12.0. The molecular formula is C14H24F3N3. The van der Waals surface area contributed by atoms with E-state index in [1.165, 1.54) is 31.5 Å². The fourth-order valence-corrected chi connectivity index (χ4v) is 2.26. The van der Waals surface area contributed by atoms with Crippen LogP contribution >= 0.6 is 0 Å². The fraction of sp³-hybridized carbons (Fsp3) is 0.786. The summed E-state index contributed by atoms with van der Waals surface area (Å²) >= 11 is 0. The summed E-state index contributed by atoms with van der Waals surface area (Å²) in [5.41, 5.74) is 5.66. The zero-order chi connectivity index (χ0) is 14.8. The Kier molecular flexibility index (Phi) is 7.65. The van der Waals surface area contributed by atoms with Gasteiger partial charge >= 0.3 is 6.30 Å². The highest BCUT2D eigenvalue weighted by Crippen LogP contribution is 2.23. The zero-order valence-corrected chi connectivity index (χ0v) is 11.8. The highest BCUT2D eigenvalue weighted by atomic mass is 19.4. The average Bonchev–Trinajstić information content (AvgIpc) is 2.85. The van der Waals surface area contributed by atoms with E-state index in [0.29, 0.717) is 6.42 Å². The molecule has 0 atom stereocenters. The van der Waals surface area contributed by atoms with Crippen molar-refractivity contribution >= 4 is 0 Å². The predicted molar refractivity (Wildman–Crippen MR) is 73.2 cm³/mol. The van der Waals surface area contributed by atoms with Crippen molar-refractivity contribution in [2.75, 3.05) is 6.54 Å². The summed E-state index contributed by atoms with van der Waals surface area (Å²) in [6.07, 6.45) is 5.91. The SMILES string of the molecule is NCCCCCCCCCCc1ccnn1C(F)(F)F. The number of halogens is 3. The van der Waals surface area contributed by atoms with Gasteiger partial charge in [-0.3, -0.25) is 0 Å². The molecule has 0 amide bonds. The van der Waals surface area contributed by atoms with Crippen molar-refractivity contribution < 1.29 is 13.2 Å². The molecule has 0 radical (unpaired) electrons. The van der Waals surface area contributed by atoms with Crippen LogP contribution in [0.25, 0.3) is 0 Å². The second-order valence-corrected chi connectivity index (χ2v) is 5.07. The van der Waals surface area contributed by atoms with Crippen molar-refractivity contribution in [3.8, 4) is 0 Å². The molecular weight excluding hydrogens is 267 g/mol. The quantitative estimate of drug-likeness (QED) is 0.663. The topological polar surface area (TPSA) is 43.8 Å². The summed E-state index contributed by atoms with van der Waals surface area (Å²) in [4.78, 5) is 0. The van der Waals surface area contributed by atoms with E-state index in [1.807, 2.05) is 0 Å². The van der Waals surface area contributed by atoms with Gasteiger partial charge in [-0.05, 0) is 31.9 Å². The Labute approximate surface area is 118 Å². The molecule has 3 nitrogen and oxygen atoms in total. The molecule has 20 heavy (non-hydrogen) atoms. The first-order valence-corrected chi connectivity index (χ1v) is 7.36. The van der Waals surface area contributed by atoms with Crippen LogP contribution in [0.2, 0.25) is 0 Å². The second kappa shape index (κ2) is 9.00. The van der Waals surface area contributed by atoms with Gasteiger partial charge in [0.2, 0.25) is 0 Å². The zero-order valence-electron chi connectivity index (χ0n) is 11.8. The first-order chi connectivity index (χ1) is 9.55. The van der Waals surface area contributed by atoms with Crippen molar-refractivity contribution in [2.24, 2.45) is 5.73 Å². The van der Waals surface area contributed by atoms with Gasteiger partial charge in [0.15, 0.2) is 0 Å². The number of hydrogen-bond donors (Lipinski definition) is 1. The summed E-state index contributed by atoms with van der Waals surface area (Å²) in [7, 11) is 0. The summed E-state index contributed by atoms with van der Waals surface area (Å²) in [6, 6.07) is 1.44. The average molecular weight is 291 g/mol. The van der Waals surface area contributed by atoms with Crippen molar-refractivity contribution in [3.63, 3.8) is 0 Å². The standard InChI is InChI=1S/C14H24F3N3/c15-14(16,17)20-13(10-12-19-20)9-7-5-3-1-2-4-6-8-11-18/h10,12H,1-9,11,18H2. The number of rotatable bonds is 10. The summed E-state index contributed by atoms with van der Waals surface area (Å²) in [5, 5.41) is 3.33. The lowest BCUT2D eigenvalue weighted by molar-refractivity contribution is -0.213. The van der Waals surface area contributed by atoms with Crippen LogP contribution in [0, 0.1) is 0 Å². The van der Waals surface area contributed by atoms with Crippen LogP contribution in [0.3, 0.4) is 0 Å². The summed E-state index contributed by atoms with van der Waals surface area (Å²) in [5.74, 6) is 0. The maximum atomic E-state index is 12.6. The number of hydrogen-bond acceptors (Lipinski definition) is 2. The molecule has 116 valence electrons. The molecule has 0 aromatic carbocycles. The largest absolute Gasteiger partial charge is 0.504 e. The van der Waals surface area contributed by atoms with E-state index >= 15 is 0 Å². The molecule has 1 aromatic heterocycles. The monoisotopic (exact) mass is 291 g/mol. The van der Waals surface area contributed by atoms with E-state index in [-0.39, 0.29) is 10.4 Å². The van der Waals surface area contributed by atoms with E-state index in [4.69, 9.17) is 5.73 Å². The molecule has 0 fully saturated rings. The summed E-state index contributed by atoms with van der Waals surface area (Å²) < 4.78 is 37.8. The maximum absolute atomic E-state index is 12.6. The van der Waals surface area contributed by atoms with Crippen LogP contribution in [0.1, 0.15) is 57.1 Å². The van der Waals surface area contributed by atoms with Crippen molar-refractivity contribution in [2.45, 2.75) is 64.1 Å². The Morgan fingerprint density at radius 2 is 1.50 bits per heavy atom. The molecule has 2 N–H and O–H groups in total. The van der Waals surface area contributed by atoms with Gasteiger partial charge in [-0.15, -0.1) is 13.2 Å². The van der Waals surface area contributed by atoms with Crippen LogP contribution in [0.4, 0.5) is 13.2 Å². The summed E-state index contributed by atoms with van der Waals surface area (Å²) in [6.45, 7) is 0.757. The van der Waals surface area contributed by atoms with Gasteiger partial charge in [-0.2, -0.15) is 9.78 Å². The number of unbranched alkanes of at least 4 members (excludes halogenated alkanes) is 7. The minimum Gasteiger partial charge on any atom is -0.330 e. The van der Waals surface area contributed by atoms with Crippen molar-refractivity contribution in [3.05, 3.63) is 18.0 Å². The van der Waals surface area contributed by atoms with Crippen molar-refractivity contribution in [1.82, 2.24) is 9.78 Å². The van der Waals surface area contributed by atoms with Gasteiger partial charge in [0.1, 0.15) is 0 Å². The Balaban J connectivity index is 2.09. The van der Waals surface area contributed by atoms with Gasteiger partial charge < -0.3 is 5.73 Å². The minimum atomic E-state index is -4.40. The third-order valence-corrected chi connectivity index (χ3v) is 3.35. The molecule has 0 spiro atoms. The molecule has 0 saturated carbocycles. The lowest BCUT2D eigenvalue weighted by Crippen LogP contribution is -2.20. The molecule has 6 heteroatoms. The maximum Gasteiger partial charge on any atom is 0.504 e. The van der Waals surface area contributed by atoms with E-state index in [1.54, 1.807) is 0 Å². The molecule has 0 aliphatic heterocycles. The second-order valence-electron chi connectivity index (χ2n) is 5.07. The van der Waals surface area contributed by atoms with Gasteiger partial charge in [-0.25, -0.2) is 0 Å². The molecule has 1 rings (SSSR count). The highest BCUT2D eigenvalue weighted by Gasteiger charge is 2.33. The van der Waals surface area contributed by atoms with Crippen LogP contribution in [0.5, 0.6) is 0 Å². The smallest absolute Gasteiger partial charge is 0.330 e. The molecule has 1 aromatic rings. The number of nitrogens with zero attached hydrogens (tertiary/aromatic N) is 2. The Morgan fingerprint density at radius 1 is 0.950 bits per heavy atom. The van der Waals surface area contributed by atoms with E-state index in [0.717, 1.165) is 38.6 Å². The highest BCUT2D eigenvalue weighted by molar-refractivity contribution is 5.01. The molecule has 0 bridgehead atoms. The van der Waals surface area contributed by atoms with Crippen LogP contribution in [0.15, 0.2) is 12.3 Å². The molecule has 1 heterocycles. The lowest BCUT2D eigenvalue weighted by atomic mass is 10.1.